The number of fused-ring (bicyclic) bond motifs is 1. The van der Waals surface area contributed by atoms with Gasteiger partial charge in [-0.05, 0) is 12.1 Å². The second-order valence-electron chi connectivity index (χ2n) is 3.89. The molecule has 3 rings (SSSR count). The molecule has 6 nitrogen and oxygen atoms in total. The first-order valence-electron chi connectivity index (χ1n) is 5.39. The Hall–Kier alpha value is -2.05. The molecule has 98 valence electrons. The SMILES string of the molecule is O=C(O)c1cc(-c2c(Cl)ccc3c2COCO3)on1. The maximum atomic E-state index is 10.8. The molecule has 2 aromatic rings. The Morgan fingerprint density at radius 2 is 2.26 bits per heavy atom. The summed E-state index contributed by atoms with van der Waals surface area (Å²) in [5.41, 5.74) is 1.08. The summed E-state index contributed by atoms with van der Waals surface area (Å²) in [5, 5.41) is 12.7. The Morgan fingerprint density at radius 1 is 1.42 bits per heavy atom. The van der Waals surface area contributed by atoms with E-state index in [1.165, 1.54) is 6.07 Å². The molecule has 0 saturated carbocycles. The summed E-state index contributed by atoms with van der Waals surface area (Å²) in [4.78, 5) is 10.8. The van der Waals surface area contributed by atoms with Crippen LogP contribution in [0.3, 0.4) is 0 Å². The molecule has 1 aromatic carbocycles. The van der Waals surface area contributed by atoms with E-state index in [0.29, 0.717) is 28.5 Å². The molecule has 0 atom stereocenters. The minimum Gasteiger partial charge on any atom is -0.476 e. The smallest absolute Gasteiger partial charge is 0.358 e. The van der Waals surface area contributed by atoms with Gasteiger partial charge in [0.05, 0.1) is 11.6 Å². The van der Waals surface area contributed by atoms with Crippen LogP contribution in [0, 0.1) is 0 Å². The van der Waals surface area contributed by atoms with Crippen LogP contribution in [-0.4, -0.2) is 23.0 Å². The van der Waals surface area contributed by atoms with Crippen LogP contribution in [0.2, 0.25) is 5.02 Å². The molecular formula is C12H8ClNO5. The minimum atomic E-state index is -1.16. The van der Waals surface area contributed by atoms with Crippen molar-refractivity contribution >= 4 is 17.6 Å². The Labute approximate surface area is 112 Å². The van der Waals surface area contributed by atoms with Gasteiger partial charge in [-0.2, -0.15) is 0 Å². The summed E-state index contributed by atoms with van der Waals surface area (Å²) in [6, 6.07) is 4.71. The normalized spacial score (nSPS) is 13.7. The molecule has 1 aliphatic heterocycles. The van der Waals surface area contributed by atoms with E-state index in [1.54, 1.807) is 12.1 Å². The zero-order chi connectivity index (χ0) is 13.4. The number of benzene rings is 1. The number of carboxylic acids is 1. The first-order chi connectivity index (χ1) is 9.16. The lowest BCUT2D eigenvalue weighted by molar-refractivity contribution is -0.0161. The zero-order valence-electron chi connectivity index (χ0n) is 9.55. The predicted octanol–water partition coefficient (Wildman–Crippen LogP) is 2.56. The van der Waals surface area contributed by atoms with Gasteiger partial charge in [0, 0.05) is 17.2 Å². The van der Waals surface area contributed by atoms with Crippen LogP contribution < -0.4 is 4.74 Å². The van der Waals surface area contributed by atoms with Gasteiger partial charge >= 0.3 is 5.97 Å². The minimum absolute atomic E-state index is 0.171. The van der Waals surface area contributed by atoms with E-state index >= 15 is 0 Å². The fraction of sp³-hybridized carbons (Fsp3) is 0.167. The van der Waals surface area contributed by atoms with E-state index in [2.05, 4.69) is 5.16 Å². The number of aromatic carboxylic acids is 1. The lowest BCUT2D eigenvalue weighted by atomic mass is 10.0. The van der Waals surface area contributed by atoms with Crippen molar-refractivity contribution in [2.75, 3.05) is 6.79 Å². The molecule has 0 amide bonds. The molecule has 2 heterocycles. The Morgan fingerprint density at radius 3 is 3.00 bits per heavy atom. The summed E-state index contributed by atoms with van der Waals surface area (Å²) < 4.78 is 15.6. The van der Waals surface area contributed by atoms with Crippen molar-refractivity contribution in [2.45, 2.75) is 6.61 Å². The van der Waals surface area contributed by atoms with Gasteiger partial charge < -0.3 is 19.1 Å². The first kappa shape index (κ1) is 12.0. The van der Waals surface area contributed by atoms with E-state index in [4.69, 9.17) is 30.7 Å². The van der Waals surface area contributed by atoms with Gasteiger partial charge in [0.2, 0.25) is 0 Å². The van der Waals surface area contributed by atoms with Gasteiger partial charge in [0.1, 0.15) is 5.75 Å². The molecule has 0 fully saturated rings. The molecule has 0 radical (unpaired) electrons. The largest absolute Gasteiger partial charge is 0.476 e. The zero-order valence-corrected chi connectivity index (χ0v) is 10.3. The average molecular weight is 282 g/mol. The number of carboxylic acid groups (broad SMARTS) is 1. The van der Waals surface area contributed by atoms with Crippen molar-refractivity contribution in [1.82, 2.24) is 5.16 Å². The Balaban J connectivity index is 2.15. The number of hydrogen-bond donors (Lipinski definition) is 1. The van der Waals surface area contributed by atoms with Crippen molar-refractivity contribution in [3.05, 3.63) is 34.5 Å². The number of nitrogens with zero attached hydrogens (tertiary/aromatic N) is 1. The van der Waals surface area contributed by atoms with E-state index in [-0.39, 0.29) is 18.2 Å². The third-order valence-electron chi connectivity index (χ3n) is 2.74. The third kappa shape index (κ3) is 2.05. The lowest BCUT2D eigenvalue weighted by Crippen LogP contribution is -2.12. The van der Waals surface area contributed by atoms with Crippen LogP contribution in [0.1, 0.15) is 16.1 Å². The summed E-state index contributed by atoms with van der Waals surface area (Å²) >= 11 is 6.14. The molecule has 1 aromatic heterocycles. The average Bonchev–Trinajstić information content (AvgIpc) is 2.88. The molecule has 0 spiro atoms. The number of hydrogen-bond acceptors (Lipinski definition) is 5. The van der Waals surface area contributed by atoms with Crippen LogP contribution in [0.25, 0.3) is 11.3 Å². The topological polar surface area (TPSA) is 81.8 Å². The molecule has 0 bridgehead atoms. The standard InChI is InChI=1S/C12H8ClNO5/c13-7-1-2-9-6(4-17-5-18-9)11(7)10-3-8(12(15)16)14-19-10/h1-3H,4-5H2,(H,15,16). The monoisotopic (exact) mass is 281 g/mol. The van der Waals surface area contributed by atoms with Crippen LogP contribution >= 0.6 is 11.6 Å². The Kier molecular flexibility index (Phi) is 2.88. The maximum absolute atomic E-state index is 10.8. The highest BCUT2D eigenvalue weighted by Gasteiger charge is 2.22. The summed E-state index contributed by atoms with van der Waals surface area (Å²) in [6.07, 6.45) is 0. The fourth-order valence-corrected chi connectivity index (χ4v) is 2.16. The number of aromatic nitrogens is 1. The maximum Gasteiger partial charge on any atom is 0.358 e. The van der Waals surface area contributed by atoms with Crippen molar-refractivity contribution in [3.63, 3.8) is 0 Å². The number of carbonyl (C=O) groups is 1. The predicted molar refractivity (Wildman–Crippen MR) is 64.2 cm³/mol. The van der Waals surface area contributed by atoms with Crippen molar-refractivity contribution in [1.29, 1.82) is 0 Å². The van der Waals surface area contributed by atoms with E-state index in [0.717, 1.165) is 0 Å². The molecule has 7 heteroatoms. The highest BCUT2D eigenvalue weighted by atomic mass is 35.5. The third-order valence-corrected chi connectivity index (χ3v) is 3.05. The van der Waals surface area contributed by atoms with Crippen molar-refractivity contribution in [2.24, 2.45) is 0 Å². The lowest BCUT2D eigenvalue weighted by Gasteiger charge is -2.20. The molecule has 0 saturated heterocycles. The van der Waals surface area contributed by atoms with Crippen LogP contribution in [0.5, 0.6) is 5.75 Å². The quantitative estimate of drug-likeness (QED) is 0.911. The highest BCUT2D eigenvalue weighted by molar-refractivity contribution is 6.33. The van der Waals surface area contributed by atoms with E-state index in [1.807, 2.05) is 0 Å². The van der Waals surface area contributed by atoms with Crippen molar-refractivity contribution < 1.29 is 23.9 Å². The summed E-state index contributed by atoms with van der Waals surface area (Å²) in [7, 11) is 0. The van der Waals surface area contributed by atoms with Crippen LogP contribution in [-0.2, 0) is 11.3 Å². The number of ether oxygens (including phenoxy) is 2. The van der Waals surface area contributed by atoms with E-state index in [9.17, 15) is 4.79 Å². The van der Waals surface area contributed by atoms with Gasteiger partial charge in [-0.3, -0.25) is 0 Å². The van der Waals surface area contributed by atoms with Crippen LogP contribution in [0.15, 0.2) is 22.7 Å². The van der Waals surface area contributed by atoms with Gasteiger partial charge in [-0.1, -0.05) is 16.8 Å². The molecule has 19 heavy (non-hydrogen) atoms. The van der Waals surface area contributed by atoms with Crippen LogP contribution in [0.4, 0.5) is 0 Å². The second-order valence-corrected chi connectivity index (χ2v) is 4.30. The first-order valence-corrected chi connectivity index (χ1v) is 5.77. The second kappa shape index (κ2) is 4.56. The van der Waals surface area contributed by atoms with E-state index < -0.39 is 5.97 Å². The molecule has 1 aliphatic rings. The van der Waals surface area contributed by atoms with Gasteiger partial charge in [0.25, 0.3) is 0 Å². The van der Waals surface area contributed by atoms with Gasteiger partial charge in [-0.15, -0.1) is 0 Å². The molecule has 0 aliphatic carbocycles. The number of halogens is 1. The number of rotatable bonds is 2. The molecule has 0 unspecified atom stereocenters. The van der Waals surface area contributed by atoms with Gasteiger partial charge in [0.15, 0.2) is 18.2 Å². The van der Waals surface area contributed by atoms with Crippen molar-refractivity contribution in [3.8, 4) is 17.1 Å². The molecular weight excluding hydrogens is 274 g/mol. The Bertz CT molecular complexity index is 652. The molecule has 1 N–H and O–H groups in total. The summed E-state index contributed by atoms with van der Waals surface area (Å²) in [6.45, 7) is 0.485. The highest BCUT2D eigenvalue weighted by Crippen LogP contribution is 2.39. The van der Waals surface area contributed by atoms with Gasteiger partial charge in [-0.25, -0.2) is 4.79 Å². The summed E-state index contributed by atoms with van der Waals surface area (Å²) in [5.74, 6) is -0.254. The fourth-order valence-electron chi connectivity index (χ4n) is 1.89.